The molecule has 0 radical (unpaired) electrons. The Hall–Kier alpha value is -4.11. The van der Waals surface area contributed by atoms with Gasteiger partial charge in [0.25, 0.3) is 5.91 Å². The number of ether oxygens (including phenoxy) is 2. The molecule has 0 spiro atoms. The number of anilines is 1. The number of carbonyl (C=O) groups excluding carboxylic acids is 2. The Morgan fingerprint density at radius 3 is 2.17 bits per heavy atom. The molecule has 29 heavy (non-hydrogen) atoms. The summed E-state index contributed by atoms with van der Waals surface area (Å²) in [6.07, 6.45) is -1.14. The third kappa shape index (κ3) is 4.99. The number of benzene rings is 3. The molecule has 3 aromatic carbocycles. The molecular formula is C23H18N2O4. The summed E-state index contributed by atoms with van der Waals surface area (Å²) in [6, 6.07) is 23.6. The quantitative estimate of drug-likeness (QED) is 0.644. The molecule has 0 saturated heterocycles. The predicted octanol–water partition coefficient (Wildman–Crippen LogP) is 4.10. The minimum Gasteiger partial charge on any atom is -0.497 e. The van der Waals surface area contributed by atoms with Gasteiger partial charge in [-0.1, -0.05) is 30.3 Å². The van der Waals surface area contributed by atoms with Crippen LogP contribution in [0.1, 0.15) is 27.6 Å². The molecule has 0 saturated carbocycles. The van der Waals surface area contributed by atoms with Crippen molar-refractivity contribution in [1.29, 1.82) is 5.26 Å². The van der Waals surface area contributed by atoms with Gasteiger partial charge >= 0.3 is 5.97 Å². The standard InChI is InChI=1S/C23H18N2O4/c1-28-20-13-11-19(12-14-20)25-22(26)21(17-5-3-2-4-6-17)29-23(27)18-9-7-16(15-24)8-10-18/h2-14,21H,1H3,(H,25,26). The van der Waals surface area contributed by atoms with Crippen LogP contribution in [0.2, 0.25) is 0 Å². The van der Waals surface area contributed by atoms with E-state index in [0.717, 1.165) is 0 Å². The Labute approximate surface area is 168 Å². The van der Waals surface area contributed by atoms with Crippen LogP contribution in [-0.2, 0) is 9.53 Å². The average molecular weight is 386 g/mol. The molecule has 1 amide bonds. The zero-order valence-corrected chi connectivity index (χ0v) is 15.7. The lowest BCUT2D eigenvalue weighted by Crippen LogP contribution is -2.26. The third-order valence-electron chi connectivity index (χ3n) is 4.17. The van der Waals surface area contributed by atoms with Crippen LogP contribution in [0.5, 0.6) is 5.75 Å². The lowest BCUT2D eigenvalue weighted by molar-refractivity contribution is -0.125. The summed E-state index contributed by atoms with van der Waals surface area (Å²) in [7, 11) is 1.56. The molecule has 6 nitrogen and oxygen atoms in total. The second-order valence-corrected chi connectivity index (χ2v) is 6.10. The summed E-state index contributed by atoms with van der Waals surface area (Å²) in [5.41, 5.74) is 1.77. The van der Waals surface area contributed by atoms with Gasteiger partial charge in [-0.2, -0.15) is 5.26 Å². The summed E-state index contributed by atoms with van der Waals surface area (Å²) in [5.74, 6) is -0.480. The zero-order chi connectivity index (χ0) is 20.6. The van der Waals surface area contributed by atoms with Crippen LogP contribution >= 0.6 is 0 Å². The first kappa shape index (κ1) is 19.6. The predicted molar refractivity (Wildman–Crippen MR) is 107 cm³/mol. The highest BCUT2D eigenvalue weighted by molar-refractivity contribution is 5.98. The number of esters is 1. The lowest BCUT2D eigenvalue weighted by atomic mass is 10.1. The van der Waals surface area contributed by atoms with Gasteiger partial charge in [0.15, 0.2) is 0 Å². The number of amides is 1. The average Bonchev–Trinajstić information content (AvgIpc) is 2.78. The highest BCUT2D eigenvalue weighted by Crippen LogP contribution is 2.23. The van der Waals surface area contributed by atoms with Crippen LogP contribution in [0.15, 0.2) is 78.9 Å². The van der Waals surface area contributed by atoms with Crippen LogP contribution in [0.3, 0.4) is 0 Å². The molecule has 0 aliphatic rings. The molecule has 6 heteroatoms. The molecule has 0 aliphatic carbocycles. The summed E-state index contributed by atoms with van der Waals surface area (Å²) >= 11 is 0. The normalized spacial score (nSPS) is 11.0. The monoisotopic (exact) mass is 386 g/mol. The Kier molecular flexibility index (Phi) is 6.23. The van der Waals surface area contributed by atoms with Crippen molar-refractivity contribution in [3.8, 4) is 11.8 Å². The van der Waals surface area contributed by atoms with Crippen molar-refractivity contribution in [2.45, 2.75) is 6.10 Å². The summed E-state index contributed by atoms with van der Waals surface area (Å²) in [4.78, 5) is 25.4. The fraction of sp³-hybridized carbons (Fsp3) is 0.0870. The molecule has 1 atom stereocenters. The minimum atomic E-state index is -1.14. The number of hydrogen-bond acceptors (Lipinski definition) is 5. The highest BCUT2D eigenvalue weighted by atomic mass is 16.5. The molecule has 0 aliphatic heterocycles. The maximum Gasteiger partial charge on any atom is 0.339 e. The van der Waals surface area contributed by atoms with Crippen LogP contribution in [-0.4, -0.2) is 19.0 Å². The summed E-state index contributed by atoms with van der Waals surface area (Å²) < 4.78 is 10.6. The maximum absolute atomic E-state index is 12.9. The fourth-order valence-corrected chi connectivity index (χ4v) is 2.64. The van der Waals surface area contributed by atoms with Gasteiger partial charge in [0.05, 0.1) is 24.3 Å². The van der Waals surface area contributed by atoms with Crippen LogP contribution in [0, 0.1) is 11.3 Å². The molecule has 144 valence electrons. The van der Waals surface area contributed by atoms with E-state index in [4.69, 9.17) is 14.7 Å². The molecular weight excluding hydrogens is 368 g/mol. The molecule has 0 aromatic heterocycles. The van der Waals surface area contributed by atoms with Crippen molar-refractivity contribution in [3.63, 3.8) is 0 Å². The van der Waals surface area contributed by atoms with Gasteiger partial charge in [0.1, 0.15) is 5.75 Å². The van der Waals surface area contributed by atoms with E-state index in [1.165, 1.54) is 24.3 Å². The third-order valence-corrected chi connectivity index (χ3v) is 4.17. The van der Waals surface area contributed by atoms with Crippen LogP contribution < -0.4 is 10.1 Å². The molecule has 3 rings (SSSR count). The topological polar surface area (TPSA) is 88.4 Å². The smallest absolute Gasteiger partial charge is 0.339 e. The molecule has 0 heterocycles. The Morgan fingerprint density at radius 1 is 0.931 bits per heavy atom. The van der Waals surface area contributed by atoms with Crippen LogP contribution in [0.4, 0.5) is 5.69 Å². The Balaban J connectivity index is 1.81. The maximum atomic E-state index is 12.9. The van der Waals surface area contributed by atoms with Gasteiger partial charge < -0.3 is 14.8 Å². The van der Waals surface area contributed by atoms with Crippen molar-refractivity contribution in [2.75, 3.05) is 12.4 Å². The molecule has 3 aromatic rings. The van der Waals surface area contributed by atoms with E-state index >= 15 is 0 Å². The highest BCUT2D eigenvalue weighted by Gasteiger charge is 2.25. The summed E-state index contributed by atoms with van der Waals surface area (Å²) in [6.45, 7) is 0. The Morgan fingerprint density at radius 2 is 1.59 bits per heavy atom. The molecule has 0 fully saturated rings. The zero-order valence-electron chi connectivity index (χ0n) is 15.7. The van der Waals surface area contributed by atoms with E-state index in [1.54, 1.807) is 55.6 Å². The van der Waals surface area contributed by atoms with E-state index < -0.39 is 18.0 Å². The van der Waals surface area contributed by atoms with Gasteiger partial charge in [-0.3, -0.25) is 4.79 Å². The number of methoxy groups -OCH3 is 1. The SMILES string of the molecule is COc1ccc(NC(=O)C(OC(=O)c2ccc(C#N)cc2)c2ccccc2)cc1. The van der Waals surface area contributed by atoms with Gasteiger partial charge in [-0.05, 0) is 48.5 Å². The number of nitriles is 1. The largest absolute Gasteiger partial charge is 0.497 e. The number of hydrogen-bond donors (Lipinski definition) is 1. The fourth-order valence-electron chi connectivity index (χ4n) is 2.64. The van der Waals surface area contributed by atoms with Gasteiger partial charge in [-0.15, -0.1) is 0 Å². The molecule has 1 N–H and O–H groups in total. The number of nitrogens with one attached hydrogen (secondary N) is 1. The second-order valence-electron chi connectivity index (χ2n) is 6.10. The summed E-state index contributed by atoms with van der Waals surface area (Å²) in [5, 5.41) is 11.6. The van der Waals surface area contributed by atoms with E-state index in [1.807, 2.05) is 12.1 Å². The minimum absolute atomic E-state index is 0.252. The first-order valence-corrected chi connectivity index (χ1v) is 8.81. The van der Waals surface area contributed by atoms with E-state index in [0.29, 0.717) is 22.6 Å². The molecule has 1 unspecified atom stereocenters. The first-order chi connectivity index (χ1) is 14.1. The Bertz CT molecular complexity index is 1020. The van der Waals surface area contributed by atoms with Crippen molar-refractivity contribution >= 4 is 17.6 Å². The van der Waals surface area contributed by atoms with Crippen LogP contribution in [0.25, 0.3) is 0 Å². The van der Waals surface area contributed by atoms with Crippen molar-refractivity contribution in [3.05, 3.63) is 95.6 Å². The molecule has 0 bridgehead atoms. The van der Waals surface area contributed by atoms with E-state index in [-0.39, 0.29) is 5.56 Å². The van der Waals surface area contributed by atoms with Crippen molar-refractivity contribution in [2.24, 2.45) is 0 Å². The number of rotatable bonds is 6. The number of nitrogens with zero attached hydrogens (tertiary/aromatic N) is 1. The van der Waals surface area contributed by atoms with Gasteiger partial charge in [-0.25, -0.2) is 4.79 Å². The van der Waals surface area contributed by atoms with E-state index in [9.17, 15) is 9.59 Å². The second kappa shape index (κ2) is 9.20. The van der Waals surface area contributed by atoms with Crippen molar-refractivity contribution < 1.29 is 19.1 Å². The van der Waals surface area contributed by atoms with Gasteiger partial charge in [0.2, 0.25) is 6.10 Å². The first-order valence-electron chi connectivity index (χ1n) is 8.81. The van der Waals surface area contributed by atoms with Crippen molar-refractivity contribution in [1.82, 2.24) is 0 Å². The van der Waals surface area contributed by atoms with Gasteiger partial charge in [0, 0.05) is 11.3 Å². The lowest BCUT2D eigenvalue weighted by Gasteiger charge is -2.18. The van der Waals surface area contributed by atoms with E-state index in [2.05, 4.69) is 5.32 Å². The number of carbonyl (C=O) groups is 2.